The summed E-state index contributed by atoms with van der Waals surface area (Å²) in [6.45, 7) is 0.944. The first-order valence-corrected chi connectivity index (χ1v) is 7.04. The van der Waals surface area contributed by atoms with Gasteiger partial charge in [-0.3, -0.25) is 9.69 Å². The molecule has 1 fully saturated rings. The van der Waals surface area contributed by atoms with Gasteiger partial charge in [0.1, 0.15) is 0 Å². The van der Waals surface area contributed by atoms with Gasteiger partial charge in [0, 0.05) is 23.7 Å². The summed E-state index contributed by atoms with van der Waals surface area (Å²) in [5.41, 5.74) is 0.621. The van der Waals surface area contributed by atoms with Crippen LogP contribution in [0.15, 0.2) is 24.3 Å². The van der Waals surface area contributed by atoms with Gasteiger partial charge in [0.25, 0.3) is 0 Å². The third-order valence-electron chi connectivity index (χ3n) is 3.39. The van der Waals surface area contributed by atoms with Gasteiger partial charge in [0.05, 0.1) is 6.54 Å². The van der Waals surface area contributed by atoms with Gasteiger partial charge in [0.2, 0.25) is 5.91 Å². The lowest BCUT2D eigenvalue weighted by Crippen LogP contribution is -2.32. The Morgan fingerprint density at radius 2 is 2.00 bits per heavy atom. The van der Waals surface area contributed by atoms with Crippen molar-refractivity contribution in [1.29, 1.82) is 0 Å². The Morgan fingerprint density at radius 1 is 1.33 bits per heavy atom. The second-order valence-electron chi connectivity index (χ2n) is 5.26. The van der Waals surface area contributed by atoms with E-state index in [1.807, 2.05) is 0 Å². The molecule has 21 heavy (non-hydrogen) atoms. The molecular weight excluding hydrogens is 305 g/mol. The average Bonchev–Trinajstić information content (AvgIpc) is 2.77. The van der Waals surface area contributed by atoms with Gasteiger partial charge in [-0.05, 0) is 43.1 Å². The fourth-order valence-corrected chi connectivity index (χ4v) is 2.61. The molecular formula is C14H16ClF3N2O. The summed E-state index contributed by atoms with van der Waals surface area (Å²) in [7, 11) is 0. The smallest absolute Gasteiger partial charge is 0.325 e. The lowest BCUT2D eigenvalue weighted by molar-refractivity contribution is -0.143. The zero-order chi connectivity index (χ0) is 15.5. The van der Waals surface area contributed by atoms with Crippen LogP contribution in [0.3, 0.4) is 0 Å². The van der Waals surface area contributed by atoms with Crippen LogP contribution in [-0.4, -0.2) is 36.6 Å². The molecule has 0 bridgehead atoms. The van der Waals surface area contributed by atoms with E-state index in [0.29, 0.717) is 30.2 Å². The van der Waals surface area contributed by atoms with Gasteiger partial charge < -0.3 is 5.32 Å². The molecule has 116 valence electrons. The van der Waals surface area contributed by atoms with E-state index in [1.54, 1.807) is 29.2 Å². The van der Waals surface area contributed by atoms with Crippen LogP contribution in [0.25, 0.3) is 0 Å². The monoisotopic (exact) mass is 320 g/mol. The molecule has 1 heterocycles. The van der Waals surface area contributed by atoms with E-state index in [4.69, 9.17) is 11.6 Å². The maximum atomic E-state index is 12.3. The van der Waals surface area contributed by atoms with Gasteiger partial charge in [0.15, 0.2) is 0 Å². The van der Waals surface area contributed by atoms with E-state index in [9.17, 15) is 18.0 Å². The topological polar surface area (TPSA) is 32.3 Å². The molecule has 1 amide bonds. The van der Waals surface area contributed by atoms with Crippen molar-refractivity contribution in [2.24, 2.45) is 5.92 Å². The van der Waals surface area contributed by atoms with Crippen molar-refractivity contribution < 1.29 is 18.0 Å². The average molecular weight is 321 g/mol. The number of likely N-dealkylation sites (tertiary alicyclic amines) is 1. The Bertz CT molecular complexity index is 490. The summed E-state index contributed by atoms with van der Waals surface area (Å²) in [6, 6.07) is 6.67. The number of nitrogens with zero attached hydrogens (tertiary/aromatic N) is 1. The molecule has 0 aliphatic carbocycles. The van der Waals surface area contributed by atoms with Crippen molar-refractivity contribution in [2.45, 2.75) is 19.0 Å². The number of amides is 1. The summed E-state index contributed by atoms with van der Waals surface area (Å²) >= 11 is 5.74. The van der Waals surface area contributed by atoms with E-state index in [0.717, 1.165) is 0 Å². The zero-order valence-electron chi connectivity index (χ0n) is 11.3. The molecule has 3 nitrogen and oxygen atoms in total. The molecule has 0 aromatic heterocycles. The number of hydrogen-bond acceptors (Lipinski definition) is 2. The highest BCUT2D eigenvalue weighted by molar-refractivity contribution is 6.30. The standard InChI is InChI=1S/C14H16ClF3N2O/c15-11-1-3-12(4-2-11)19-13(21)9-20-6-5-10(8-20)7-14(16,17)18/h1-4,10H,5-9H2,(H,19,21). The number of benzene rings is 1. The van der Waals surface area contributed by atoms with Crippen LogP contribution in [-0.2, 0) is 4.79 Å². The number of rotatable bonds is 4. The predicted molar refractivity (Wildman–Crippen MR) is 75.3 cm³/mol. The number of nitrogens with one attached hydrogen (secondary N) is 1. The molecule has 0 radical (unpaired) electrons. The highest BCUT2D eigenvalue weighted by atomic mass is 35.5. The molecule has 1 atom stereocenters. The first kappa shape index (κ1) is 16.1. The van der Waals surface area contributed by atoms with E-state index >= 15 is 0 Å². The number of hydrogen-bond donors (Lipinski definition) is 1. The van der Waals surface area contributed by atoms with Crippen LogP contribution in [0.4, 0.5) is 18.9 Å². The lowest BCUT2D eigenvalue weighted by Gasteiger charge is -2.16. The van der Waals surface area contributed by atoms with Crippen LogP contribution in [0, 0.1) is 5.92 Å². The second kappa shape index (κ2) is 6.66. The predicted octanol–water partition coefficient (Wildman–Crippen LogP) is 3.55. The summed E-state index contributed by atoms with van der Waals surface area (Å²) in [6.07, 6.45) is -4.43. The fourth-order valence-electron chi connectivity index (χ4n) is 2.49. The second-order valence-corrected chi connectivity index (χ2v) is 5.70. The minimum atomic E-state index is -4.13. The molecule has 1 saturated heterocycles. The van der Waals surface area contributed by atoms with Gasteiger partial charge >= 0.3 is 6.18 Å². The molecule has 1 aromatic rings. The zero-order valence-corrected chi connectivity index (χ0v) is 12.0. The van der Waals surface area contributed by atoms with E-state index in [1.165, 1.54) is 0 Å². The Labute approximate surface area is 126 Å². The van der Waals surface area contributed by atoms with Gasteiger partial charge in [-0.15, -0.1) is 0 Å². The van der Waals surface area contributed by atoms with Crippen LogP contribution in [0.5, 0.6) is 0 Å². The van der Waals surface area contributed by atoms with Crippen LogP contribution < -0.4 is 5.32 Å². The molecule has 0 spiro atoms. The van der Waals surface area contributed by atoms with Gasteiger partial charge in [-0.2, -0.15) is 13.2 Å². The first-order chi connectivity index (χ1) is 9.82. The van der Waals surface area contributed by atoms with Crippen molar-refractivity contribution >= 4 is 23.2 Å². The van der Waals surface area contributed by atoms with Crippen molar-refractivity contribution in [3.8, 4) is 0 Å². The van der Waals surface area contributed by atoms with Crippen LogP contribution in [0.1, 0.15) is 12.8 Å². The van der Waals surface area contributed by atoms with E-state index < -0.39 is 18.5 Å². The number of carbonyl (C=O) groups excluding carboxylic acids is 1. The maximum Gasteiger partial charge on any atom is 0.389 e. The fraction of sp³-hybridized carbons (Fsp3) is 0.500. The normalized spacial score (nSPS) is 19.7. The molecule has 1 unspecified atom stereocenters. The Morgan fingerprint density at radius 3 is 2.62 bits per heavy atom. The van der Waals surface area contributed by atoms with Crippen molar-refractivity contribution in [3.05, 3.63) is 29.3 Å². The third-order valence-corrected chi connectivity index (χ3v) is 3.64. The summed E-state index contributed by atoms with van der Waals surface area (Å²) in [4.78, 5) is 13.6. The van der Waals surface area contributed by atoms with Crippen LogP contribution >= 0.6 is 11.6 Å². The third kappa shape index (κ3) is 5.55. The highest BCUT2D eigenvalue weighted by Crippen LogP contribution is 2.30. The van der Waals surface area contributed by atoms with Crippen LogP contribution in [0.2, 0.25) is 5.02 Å². The quantitative estimate of drug-likeness (QED) is 0.920. The summed E-state index contributed by atoms with van der Waals surface area (Å²) in [5.74, 6) is -0.640. The first-order valence-electron chi connectivity index (χ1n) is 6.66. The molecule has 1 aliphatic heterocycles. The number of carbonyl (C=O) groups is 1. The summed E-state index contributed by atoms with van der Waals surface area (Å²) < 4.78 is 36.9. The molecule has 1 aromatic carbocycles. The SMILES string of the molecule is O=C(CN1CCC(CC(F)(F)F)C1)Nc1ccc(Cl)cc1. The molecule has 1 aliphatic rings. The Hall–Kier alpha value is -1.27. The minimum absolute atomic E-state index is 0.108. The number of alkyl halides is 3. The van der Waals surface area contributed by atoms with Gasteiger partial charge in [-0.1, -0.05) is 11.6 Å². The largest absolute Gasteiger partial charge is 0.389 e. The highest BCUT2D eigenvalue weighted by Gasteiger charge is 2.35. The van der Waals surface area contributed by atoms with Crippen molar-refractivity contribution in [2.75, 3.05) is 25.0 Å². The number of halogens is 4. The van der Waals surface area contributed by atoms with Gasteiger partial charge in [-0.25, -0.2) is 0 Å². The van der Waals surface area contributed by atoms with Crippen molar-refractivity contribution in [1.82, 2.24) is 4.90 Å². The molecule has 2 rings (SSSR count). The molecule has 0 saturated carbocycles. The number of anilines is 1. The Balaban J connectivity index is 1.77. The molecule has 1 N–H and O–H groups in total. The lowest BCUT2D eigenvalue weighted by atomic mass is 10.1. The summed E-state index contributed by atoms with van der Waals surface area (Å²) in [5, 5.41) is 3.27. The van der Waals surface area contributed by atoms with Crippen molar-refractivity contribution in [3.63, 3.8) is 0 Å². The minimum Gasteiger partial charge on any atom is -0.325 e. The molecule has 7 heteroatoms. The maximum absolute atomic E-state index is 12.3. The van der Waals surface area contributed by atoms with E-state index in [-0.39, 0.29) is 12.5 Å². The Kier molecular flexibility index (Phi) is 5.11. The van der Waals surface area contributed by atoms with E-state index in [2.05, 4.69) is 5.32 Å².